The van der Waals surface area contributed by atoms with Crippen molar-refractivity contribution in [1.82, 2.24) is 13.4 Å². The van der Waals surface area contributed by atoms with Gasteiger partial charge in [0, 0.05) is 36.1 Å². The first kappa shape index (κ1) is 21.5. The Morgan fingerprint density at radius 2 is 1.86 bits per heavy atom. The summed E-state index contributed by atoms with van der Waals surface area (Å²) in [5.74, 6) is 1.17. The van der Waals surface area contributed by atoms with Gasteiger partial charge in [-0.2, -0.15) is 0 Å². The van der Waals surface area contributed by atoms with Gasteiger partial charge in [0.25, 0.3) is 10.0 Å². The Morgan fingerprint density at radius 3 is 2.67 bits per heavy atom. The van der Waals surface area contributed by atoms with Gasteiger partial charge in [0.15, 0.2) is 6.73 Å². The molecule has 0 bridgehead atoms. The van der Waals surface area contributed by atoms with Gasteiger partial charge in [-0.3, -0.25) is 0 Å². The van der Waals surface area contributed by atoms with Gasteiger partial charge in [0.1, 0.15) is 17.0 Å². The predicted octanol–water partition coefficient (Wildman–Crippen LogP) is 4.85. The molecule has 8 heteroatoms. The number of methoxy groups -OCH3 is 1. The molecular weight excluding hydrogens is 474 g/mol. The average Bonchev–Trinajstić information content (AvgIpc) is 3.43. The SMILES string of the molecule is COc1cc2c(c3ccn(S(=O)(=O)c4ccccc4)c13)-c1c3c4c(cccc4n1CO2)CN(C)CC3. The van der Waals surface area contributed by atoms with E-state index in [1.54, 1.807) is 43.6 Å². The molecule has 0 aliphatic carbocycles. The minimum absolute atomic E-state index is 0.229. The highest BCUT2D eigenvalue weighted by Crippen LogP contribution is 2.49. The van der Waals surface area contributed by atoms with E-state index in [0.29, 0.717) is 23.7 Å². The van der Waals surface area contributed by atoms with Crippen molar-refractivity contribution >= 4 is 31.8 Å². The van der Waals surface area contributed by atoms with Crippen molar-refractivity contribution in [2.45, 2.75) is 24.6 Å². The van der Waals surface area contributed by atoms with Crippen LogP contribution in [0.25, 0.3) is 33.1 Å². The third-order valence-electron chi connectivity index (χ3n) is 7.43. The summed E-state index contributed by atoms with van der Waals surface area (Å²) in [6.45, 7) is 2.24. The second-order valence-corrected chi connectivity index (χ2v) is 11.3. The number of likely N-dealkylation sites (N-methyl/N-ethyl adjacent to an activating group) is 1. The van der Waals surface area contributed by atoms with E-state index >= 15 is 0 Å². The van der Waals surface area contributed by atoms with Crippen LogP contribution in [0.15, 0.2) is 71.8 Å². The standard InChI is InChI=1S/C28H25N3O4S/c1-29-13-11-20-25-18(16-29)7-6-10-22(25)30-17-35-23-15-24(34-2)27-21(26(23)28(20)30)12-14-31(27)36(32,33)19-8-4-3-5-9-19/h3-10,12,14-15H,11,13,16-17H2,1-2H3. The van der Waals surface area contributed by atoms with Crippen LogP contribution >= 0.6 is 0 Å². The normalized spacial score (nSPS) is 15.4. The molecule has 0 saturated heterocycles. The molecule has 0 amide bonds. The Morgan fingerprint density at radius 1 is 1.03 bits per heavy atom. The lowest BCUT2D eigenvalue weighted by Crippen LogP contribution is -2.20. The van der Waals surface area contributed by atoms with Crippen LogP contribution in [0.2, 0.25) is 0 Å². The zero-order valence-corrected chi connectivity index (χ0v) is 20.9. The average molecular weight is 500 g/mol. The zero-order valence-electron chi connectivity index (χ0n) is 20.1. The van der Waals surface area contributed by atoms with Crippen LogP contribution in [-0.2, 0) is 29.7 Å². The molecule has 4 heterocycles. The summed E-state index contributed by atoms with van der Waals surface area (Å²) in [5.41, 5.74) is 6.29. The Hall–Kier alpha value is -3.75. The van der Waals surface area contributed by atoms with E-state index in [9.17, 15) is 8.42 Å². The third kappa shape index (κ3) is 2.85. The zero-order chi connectivity index (χ0) is 24.6. The molecule has 0 spiro atoms. The van der Waals surface area contributed by atoms with Crippen molar-refractivity contribution in [2.75, 3.05) is 20.7 Å². The van der Waals surface area contributed by atoms with Crippen LogP contribution in [0.1, 0.15) is 11.1 Å². The molecule has 0 atom stereocenters. The Kier molecular flexibility index (Phi) is 4.56. The van der Waals surface area contributed by atoms with Gasteiger partial charge < -0.3 is 18.9 Å². The summed E-state index contributed by atoms with van der Waals surface area (Å²) < 4.78 is 42.9. The van der Waals surface area contributed by atoms with E-state index in [2.05, 4.69) is 34.7 Å². The minimum Gasteiger partial charge on any atom is -0.494 e. The fourth-order valence-electron chi connectivity index (χ4n) is 5.83. The number of fused-ring (bicyclic) bond motifs is 7. The molecule has 5 aromatic rings. The van der Waals surface area contributed by atoms with Gasteiger partial charge in [-0.1, -0.05) is 30.3 Å². The Bertz CT molecular complexity index is 1780. The topological polar surface area (TPSA) is 65.7 Å². The van der Waals surface area contributed by atoms with Crippen molar-refractivity contribution < 1.29 is 17.9 Å². The second kappa shape index (κ2) is 7.62. The number of hydrogen-bond donors (Lipinski definition) is 0. The molecule has 0 saturated carbocycles. The van der Waals surface area contributed by atoms with E-state index in [1.165, 1.54) is 20.5 Å². The maximum absolute atomic E-state index is 13.7. The molecule has 36 heavy (non-hydrogen) atoms. The van der Waals surface area contributed by atoms with Crippen LogP contribution in [0, 0.1) is 0 Å². The van der Waals surface area contributed by atoms with E-state index in [1.807, 2.05) is 12.1 Å². The minimum atomic E-state index is -3.83. The first-order valence-electron chi connectivity index (χ1n) is 12.0. The summed E-state index contributed by atoms with van der Waals surface area (Å²) >= 11 is 0. The van der Waals surface area contributed by atoms with Crippen LogP contribution in [0.5, 0.6) is 11.5 Å². The van der Waals surface area contributed by atoms with Crippen molar-refractivity contribution in [2.24, 2.45) is 0 Å². The second-order valence-electron chi connectivity index (χ2n) is 9.47. The molecule has 2 aliphatic heterocycles. The first-order chi connectivity index (χ1) is 17.5. The third-order valence-corrected chi connectivity index (χ3v) is 9.12. The summed E-state index contributed by atoms with van der Waals surface area (Å²) in [5, 5.41) is 2.08. The largest absolute Gasteiger partial charge is 0.494 e. The van der Waals surface area contributed by atoms with Crippen molar-refractivity contribution in [3.05, 3.63) is 78.0 Å². The summed E-state index contributed by atoms with van der Waals surface area (Å²) in [4.78, 5) is 2.57. The summed E-state index contributed by atoms with van der Waals surface area (Å²) in [7, 11) is -0.115. The number of ether oxygens (including phenoxy) is 2. The number of rotatable bonds is 3. The van der Waals surface area contributed by atoms with Gasteiger partial charge >= 0.3 is 0 Å². The van der Waals surface area contributed by atoms with Crippen molar-refractivity contribution in [1.29, 1.82) is 0 Å². The maximum Gasteiger partial charge on any atom is 0.268 e. The van der Waals surface area contributed by atoms with Crippen LogP contribution < -0.4 is 9.47 Å². The van der Waals surface area contributed by atoms with E-state index in [-0.39, 0.29) is 4.90 Å². The summed E-state index contributed by atoms with van der Waals surface area (Å²) in [6.07, 6.45) is 2.52. The molecule has 182 valence electrons. The molecule has 0 radical (unpaired) electrons. The lowest BCUT2D eigenvalue weighted by Gasteiger charge is -2.24. The quantitative estimate of drug-likeness (QED) is 0.355. The molecule has 0 N–H and O–H groups in total. The van der Waals surface area contributed by atoms with Gasteiger partial charge in [-0.15, -0.1) is 0 Å². The van der Waals surface area contributed by atoms with Crippen LogP contribution in [0.3, 0.4) is 0 Å². The summed E-state index contributed by atoms with van der Waals surface area (Å²) in [6, 6.07) is 18.6. The Balaban J connectivity index is 1.56. The first-order valence-corrected chi connectivity index (χ1v) is 13.4. The van der Waals surface area contributed by atoms with Gasteiger partial charge in [0.2, 0.25) is 0 Å². The fraction of sp³-hybridized carbons (Fsp3) is 0.214. The number of nitrogens with zero attached hydrogens (tertiary/aromatic N) is 3. The van der Waals surface area contributed by atoms with E-state index in [0.717, 1.165) is 41.7 Å². The molecular formula is C28H25N3O4S. The van der Waals surface area contributed by atoms with Gasteiger partial charge in [-0.25, -0.2) is 12.4 Å². The lowest BCUT2D eigenvalue weighted by atomic mass is 9.97. The number of benzene rings is 3. The highest BCUT2D eigenvalue weighted by atomic mass is 32.2. The fourth-order valence-corrected chi connectivity index (χ4v) is 7.21. The predicted molar refractivity (Wildman–Crippen MR) is 139 cm³/mol. The molecule has 2 aromatic heterocycles. The highest BCUT2D eigenvalue weighted by Gasteiger charge is 2.32. The lowest BCUT2D eigenvalue weighted by molar-refractivity contribution is 0.234. The maximum atomic E-state index is 13.7. The van der Waals surface area contributed by atoms with Crippen LogP contribution in [0.4, 0.5) is 0 Å². The number of hydrogen-bond acceptors (Lipinski definition) is 5. The Labute approximate surface area is 209 Å². The molecule has 0 fully saturated rings. The van der Waals surface area contributed by atoms with Gasteiger partial charge in [0.05, 0.1) is 28.8 Å². The molecule has 0 unspecified atom stereocenters. The smallest absolute Gasteiger partial charge is 0.268 e. The monoisotopic (exact) mass is 499 g/mol. The molecule has 3 aromatic carbocycles. The van der Waals surface area contributed by atoms with Crippen LogP contribution in [-0.4, -0.2) is 42.6 Å². The van der Waals surface area contributed by atoms with Crippen molar-refractivity contribution in [3.8, 4) is 22.8 Å². The number of aromatic nitrogens is 2. The van der Waals surface area contributed by atoms with E-state index in [4.69, 9.17) is 9.47 Å². The molecule has 7 rings (SSSR count). The van der Waals surface area contributed by atoms with E-state index < -0.39 is 10.0 Å². The molecule has 2 aliphatic rings. The molecule has 7 nitrogen and oxygen atoms in total. The van der Waals surface area contributed by atoms with Gasteiger partial charge in [-0.05, 0) is 48.9 Å². The van der Waals surface area contributed by atoms with Crippen molar-refractivity contribution in [3.63, 3.8) is 0 Å². The highest BCUT2D eigenvalue weighted by molar-refractivity contribution is 7.90.